The van der Waals surface area contributed by atoms with Crippen molar-refractivity contribution in [3.05, 3.63) is 34.0 Å². The molecule has 8 nitrogen and oxygen atoms in total. The van der Waals surface area contributed by atoms with Crippen molar-refractivity contribution in [2.24, 2.45) is 0 Å². The molecule has 0 aliphatic carbocycles. The van der Waals surface area contributed by atoms with Gasteiger partial charge in [0, 0.05) is 0 Å². The third kappa shape index (κ3) is 2.99. The highest BCUT2D eigenvalue weighted by molar-refractivity contribution is 5.75. The van der Waals surface area contributed by atoms with Crippen molar-refractivity contribution in [3.8, 4) is 0 Å². The summed E-state index contributed by atoms with van der Waals surface area (Å²) in [5.41, 5.74) is -0.247. The molecule has 0 radical (unpaired) electrons. The maximum Gasteiger partial charge on any atom is 0.369 e. The molecule has 0 fully saturated rings. The second kappa shape index (κ2) is 6.03. The summed E-state index contributed by atoms with van der Waals surface area (Å²) in [5, 5.41) is 29.9. The van der Waals surface area contributed by atoms with Crippen molar-refractivity contribution >= 4 is 11.8 Å². The zero-order valence-corrected chi connectivity index (χ0v) is 9.52. The van der Waals surface area contributed by atoms with E-state index in [4.69, 9.17) is 0 Å². The molecule has 98 valence electrons. The van der Waals surface area contributed by atoms with Crippen LogP contribution < -0.4 is 0 Å². The summed E-state index contributed by atoms with van der Waals surface area (Å²) < 4.78 is 4.51. The molecule has 2 N–H and O–H groups in total. The summed E-state index contributed by atoms with van der Waals surface area (Å²) >= 11 is 0. The zero-order valence-electron chi connectivity index (χ0n) is 9.52. The molecule has 0 aliphatic rings. The van der Waals surface area contributed by atoms with Crippen molar-refractivity contribution in [3.63, 3.8) is 0 Å². The summed E-state index contributed by atoms with van der Waals surface area (Å²) in [4.78, 5) is 24.6. The van der Waals surface area contributed by atoms with Gasteiger partial charge in [0.2, 0.25) is 0 Å². The van der Waals surface area contributed by atoms with Crippen LogP contribution in [0.5, 0.6) is 0 Å². The van der Waals surface area contributed by atoms with Gasteiger partial charge in [-0.2, -0.15) is 0 Å². The van der Waals surface area contributed by atoms with Crippen LogP contribution in [0.2, 0.25) is 0 Å². The van der Waals surface area contributed by atoms with Crippen LogP contribution in [-0.2, 0) is 9.53 Å². The fourth-order valence-electron chi connectivity index (χ4n) is 1.32. The Bertz CT molecular complexity index is 450. The van der Waals surface area contributed by atoms with Gasteiger partial charge in [-0.25, -0.2) is 4.79 Å². The molecule has 2 atom stereocenters. The Kier molecular flexibility index (Phi) is 4.69. The van der Waals surface area contributed by atoms with Gasteiger partial charge in [0.1, 0.15) is 12.3 Å². The van der Waals surface area contributed by atoms with E-state index >= 15 is 0 Å². The predicted molar refractivity (Wildman–Crippen MR) is 58.5 cm³/mol. The van der Waals surface area contributed by atoms with Gasteiger partial charge < -0.3 is 25.1 Å². The van der Waals surface area contributed by atoms with Gasteiger partial charge in [-0.15, -0.1) is 0 Å². The number of hydrogen-bond acceptors (Lipinski definition) is 7. The average molecular weight is 256 g/mol. The Balaban J connectivity index is 2.99. The lowest BCUT2D eigenvalue weighted by Crippen LogP contribution is -2.30. The van der Waals surface area contributed by atoms with Crippen molar-refractivity contribution in [2.45, 2.75) is 19.1 Å². The molecule has 0 aromatic carbocycles. The van der Waals surface area contributed by atoms with E-state index in [0.29, 0.717) is 0 Å². The Hall–Kier alpha value is -2.06. The molecule has 18 heavy (non-hydrogen) atoms. The predicted octanol–water partition coefficient (Wildman–Crippen LogP) is -0.0528. The number of pyridine rings is 1. The first-order chi connectivity index (χ1) is 8.49. The molecule has 0 bridgehead atoms. The van der Waals surface area contributed by atoms with Gasteiger partial charge in [0.15, 0.2) is 6.10 Å². The Morgan fingerprint density at radius 1 is 1.61 bits per heavy atom. The van der Waals surface area contributed by atoms with Crippen LogP contribution in [0.15, 0.2) is 18.3 Å². The SMILES string of the molecule is CCOC(=O)C(O)C(O)c1cccnc1[N+](=O)[O-]. The molecule has 1 heterocycles. The van der Waals surface area contributed by atoms with Crippen molar-refractivity contribution in [2.75, 3.05) is 6.61 Å². The lowest BCUT2D eigenvalue weighted by atomic mass is 10.1. The Morgan fingerprint density at radius 3 is 2.83 bits per heavy atom. The lowest BCUT2D eigenvalue weighted by molar-refractivity contribution is -0.391. The number of aromatic nitrogens is 1. The first-order valence-corrected chi connectivity index (χ1v) is 5.11. The lowest BCUT2D eigenvalue weighted by Gasteiger charge is -2.16. The minimum absolute atomic E-state index is 0.0255. The molecule has 0 amide bonds. The number of carbonyl (C=O) groups excluding carboxylic acids is 1. The van der Waals surface area contributed by atoms with Gasteiger partial charge >= 0.3 is 11.8 Å². The monoisotopic (exact) mass is 256 g/mol. The molecule has 0 saturated heterocycles. The van der Waals surface area contributed by atoms with Gasteiger partial charge in [-0.3, -0.25) is 0 Å². The van der Waals surface area contributed by atoms with Crippen LogP contribution in [-0.4, -0.2) is 38.8 Å². The van der Waals surface area contributed by atoms with Gasteiger partial charge in [-0.05, 0) is 29.0 Å². The highest BCUT2D eigenvalue weighted by atomic mass is 16.6. The van der Waals surface area contributed by atoms with Gasteiger partial charge in [0.05, 0.1) is 12.2 Å². The highest BCUT2D eigenvalue weighted by Crippen LogP contribution is 2.25. The molecule has 1 rings (SSSR count). The number of hydrogen-bond donors (Lipinski definition) is 2. The van der Waals surface area contributed by atoms with E-state index in [2.05, 4.69) is 9.72 Å². The third-order valence-electron chi connectivity index (χ3n) is 2.14. The minimum Gasteiger partial charge on any atom is -0.464 e. The maximum absolute atomic E-state index is 11.2. The summed E-state index contributed by atoms with van der Waals surface area (Å²) in [7, 11) is 0. The van der Waals surface area contributed by atoms with Crippen molar-refractivity contribution in [1.82, 2.24) is 4.98 Å². The van der Waals surface area contributed by atoms with Crippen LogP contribution in [0.4, 0.5) is 5.82 Å². The Labute approximate surface area is 102 Å². The van der Waals surface area contributed by atoms with Crippen LogP contribution in [0.1, 0.15) is 18.6 Å². The van der Waals surface area contributed by atoms with Crippen molar-refractivity contribution in [1.29, 1.82) is 0 Å². The standard InChI is InChI=1S/C10H12N2O6/c1-2-18-10(15)8(14)7(13)6-4-3-5-11-9(6)12(16)17/h3-5,7-8,13-14H,2H2,1H3. The van der Waals surface area contributed by atoms with E-state index < -0.39 is 28.9 Å². The van der Waals surface area contributed by atoms with Crippen molar-refractivity contribution < 1.29 is 24.7 Å². The maximum atomic E-state index is 11.2. The number of aliphatic hydroxyl groups is 2. The van der Waals surface area contributed by atoms with Crippen LogP contribution in [0, 0.1) is 10.1 Å². The number of ether oxygens (including phenoxy) is 1. The first-order valence-electron chi connectivity index (χ1n) is 5.11. The van der Waals surface area contributed by atoms with Crippen LogP contribution in [0.3, 0.4) is 0 Å². The van der Waals surface area contributed by atoms with Crippen LogP contribution >= 0.6 is 0 Å². The molecular weight excluding hydrogens is 244 g/mol. The van der Waals surface area contributed by atoms with Gasteiger partial charge in [0.25, 0.3) is 0 Å². The van der Waals surface area contributed by atoms with E-state index in [0.717, 1.165) is 0 Å². The zero-order chi connectivity index (χ0) is 13.7. The second-order valence-electron chi connectivity index (χ2n) is 3.32. The number of aliphatic hydroxyl groups excluding tert-OH is 2. The van der Waals surface area contributed by atoms with Crippen LogP contribution in [0.25, 0.3) is 0 Å². The normalized spacial score (nSPS) is 13.7. The summed E-state index contributed by atoms with van der Waals surface area (Å²) in [6.45, 7) is 1.56. The molecule has 0 spiro atoms. The second-order valence-corrected chi connectivity index (χ2v) is 3.32. The largest absolute Gasteiger partial charge is 0.464 e. The van der Waals surface area contributed by atoms with E-state index in [1.165, 1.54) is 25.3 Å². The fraction of sp³-hybridized carbons (Fsp3) is 0.400. The molecule has 1 aromatic heterocycles. The molecule has 0 saturated carbocycles. The summed E-state index contributed by atoms with van der Waals surface area (Å²) in [6, 6.07) is 2.56. The average Bonchev–Trinajstić information content (AvgIpc) is 2.37. The number of esters is 1. The van der Waals surface area contributed by atoms with E-state index in [-0.39, 0.29) is 12.2 Å². The molecular formula is C10H12N2O6. The smallest absolute Gasteiger partial charge is 0.369 e. The topological polar surface area (TPSA) is 123 Å². The Morgan fingerprint density at radius 2 is 2.28 bits per heavy atom. The number of nitro groups is 1. The quantitative estimate of drug-likeness (QED) is 0.430. The molecule has 2 unspecified atom stereocenters. The fourth-order valence-corrected chi connectivity index (χ4v) is 1.32. The van der Waals surface area contributed by atoms with E-state index in [1.807, 2.05) is 0 Å². The van der Waals surface area contributed by atoms with E-state index in [9.17, 15) is 25.1 Å². The molecule has 8 heteroatoms. The summed E-state index contributed by atoms with van der Waals surface area (Å²) in [5.74, 6) is -1.67. The third-order valence-corrected chi connectivity index (χ3v) is 2.14. The number of carbonyl (C=O) groups is 1. The number of rotatable bonds is 5. The molecule has 0 aliphatic heterocycles. The summed E-state index contributed by atoms with van der Waals surface area (Å²) in [6.07, 6.45) is -2.49. The van der Waals surface area contributed by atoms with Gasteiger partial charge in [-0.1, -0.05) is 0 Å². The van der Waals surface area contributed by atoms with E-state index in [1.54, 1.807) is 0 Å². The first kappa shape index (κ1) is 14.0. The highest BCUT2D eigenvalue weighted by Gasteiger charge is 2.32. The number of nitrogens with zero attached hydrogens (tertiary/aromatic N) is 2. The molecule has 1 aromatic rings. The minimum atomic E-state index is -1.90.